The van der Waals surface area contributed by atoms with E-state index in [1.807, 2.05) is 0 Å². The van der Waals surface area contributed by atoms with Crippen molar-refractivity contribution in [3.63, 3.8) is 0 Å². The summed E-state index contributed by atoms with van der Waals surface area (Å²) in [5.41, 5.74) is 0. The molecule has 0 atom stereocenters. The van der Waals surface area contributed by atoms with E-state index in [4.69, 9.17) is 5.11 Å². The first kappa shape index (κ1) is 63.9. The Bertz CT molecular complexity index is 11.7. The maximum absolute atomic E-state index is 7.00. The molecule has 0 saturated carbocycles. The second-order valence-corrected chi connectivity index (χ2v) is 0. The Morgan fingerprint density at radius 3 is 0.714 bits per heavy atom. The normalized spacial score (nSPS) is 0.857. The largest absolute Gasteiger partial charge is 4.00 e. The van der Waals surface area contributed by atoms with E-state index >= 15 is 0 Å². The van der Waals surface area contributed by atoms with Gasteiger partial charge in [-0.1, -0.05) is 0 Å². The van der Waals surface area contributed by atoms with E-state index in [1.54, 1.807) is 0 Å². The van der Waals surface area contributed by atoms with Crippen molar-refractivity contribution in [2.45, 2.75) is 0 Å². The molecule has 0 aromatic heterocycles. The maximum Gasteiger partial charge on any atom is 4.00 e. The van der Waals surface area contributed by atoms with Crippen LogP contribution in [-0.4, -0.2) is 12.2 Å². The van der Waals surface area contributed by atoms with Gasteiger partial charge in [-0.15, -0.1) is 0 Å². The van der Waals surface area contributed by atoms with Crippen molar-refractivity contribution in [3.05, 3.63) is 0 Å². The zero-order valence-corrected chi connectivity index (χ0v) is 8.94. The molecule has 0 aromatic carbocycles. The van der Waals surface area contributed by atoms with Gasteiger partial charge in [0.05, 0.1) is 0 Å². The number of hydrogen-bond donors (Lipinski definition) is 1. The molecule has 0 saturated heterocycles. The SMILES string of the molecule is CO.[Cl-].[Cl-].[Cl-].[Cl-].[Zr+4]. The standard InChI is InChI=1S/CH4O.4ClH.Zr/c1-2;;;;;/h2H,1H3;4*1H;/q;;;;;+4/p-4. The minimum absolute atomic E-state index is 0. The smallest absolute Gasteiger partial charge is 1.00 e. The van der Waals surface area contributed by atoms with Gasteiger partial charge in [0.1, 0.15) is 0 Å². The van der Waals surface area contributed by atoms with Crippen molar-refractivity contribution in [2.75, 3.05) is 7.11 Å². The first-order valence-electron chi connectivity index (χ1n) is 0.447. The minimum Gasteiger partial charge on any atom is -1.00 e. The average Bonchev–Trinajstić information content (AvgIpc) is 1.00. The predicted octanol–water partition coefficient (Wildman–Crippen LogP) is -12.4. The molecule has 0 unspecified atom stereocenters. The van der Waals surface area contributed by atoms with Crippen LogP contribution in [0.3, 0.4) is 0 Å². The van der Waals surface area contributed by atoms with Gasteiger partial charge in [0.2, 0.25) is 0 Å². The Morgan fingerprint density at radius 1 is 0.714 bits per heavy atom. The summed E-state index contributed by atoms with van der Waals surface area (Å²) in [6.45, 7) is 0. The van der Waals surface area contributed by atoms with Crippen LogP contribution in [0.2, 0.25) is 0 Å². The van der Waals surface area contributed by atoms with Crippen molar-refractivity contribution >= 4 is 0 Å². The molecule has 0 aliphatic rings. The van der Waals surface area contributed by atoms with E-state index in [-0.39, 0.29) is 75.8 Å². The van der Waals surface area contributed by atoms with Gasteiger partial charge in [-0.3, -0.25) is 0 Å². The summed E-state index contributed by atoms with van der Waals surface area (Å²) in [5.74, 6) is 0. The predicted molar refractivity (Wildman–Crippen MR) is 8.14 cm³/mol. The molecule has 6 heteroatoms. The van der Waals surface area contributed by atoms with E-state index in [2.05, 4.69) is 0 Å². The summed E-state index contributed by atoms with van der Waals surface area (Å²) in [6.07, 6.45) is 0. The van der Waals surface area contributed by atoms with Crippen molar-refractivity contribution in [2.24, 2.45) is 0 Å². The van der Waals surface area contributed by atoms with Crippen LogP contribution in [0.25, 0.3) is 0 Å². The Kier molecular flexibility index (Phi) is 894. The Balaban J connectivity index is -0.000000000500. The Hall–Kier alpha value is 2.00. The first-order valence-corrected chi connectivity index (χ1v) is 0.447. The quantitative estimate of drug-likeness (QED) is 0.461. The zero-order valence-electron chi connectivity index (χ0n) is 3.46. The molecule has 0 rings (SSSR count). The van der Waals surface area contributed by atoms with Gasteiger partial charge in [-0.05, 0) is 0 Å². The summed E-state index contributed by atoms with van der Waals surface area (Å²) in [7, 11) is 1.00. The van der Waals surface area contributed by atoms with Gasteiger partial charge in [0, 0.05) is 7.11 Å². The van der Waals surface area contributed by atoms with Gasteiger partial charge >= 0.3 is 26.2 Å². The molecular weight excluding hydrogens is 261 g/mol. The molecule has 1 N–H and O–H groups in total. The topological polar surface area (TPSA) is 20.2 Å². The Morgan fingerprint density at radius 2 is 0.714 bits per heavy atom. The Labute approximate surface area is 87.4 Å². The van der Waals surface area contributed by atoms with E-state index in [9.17, 15) is 0 Å². The molecule has 0 aliphatic heterocycles. The van der Waals surface area contributed by atoms with Crippen LogP contribution in [0, 0.1) is 0 Å². The summed E-state index contributed by atoms with van der Waals surface area (Å²) < 4.78 is 0. The van der Waals surface area contributed by atoms with Gasteiger partial charge in [-0.25, -0.2) is 0 Å². The van der Waals surface area contributed by atoms with Gasteiger partial charge in [-0.2, -0.15) is 0 Å². The van der Waals surface area contributed by atoms with Crippen molar-refractivity contribution in [3.8, 4) is 0 Å². The second-order valence-electron chi connectivity index (χ2n) is 0. The fourth-order valence-corrected chi connectivity index (χ4v) is 0. The van der Waals surface area contributed by atoms with Gasteiger partial charge < -0.3 is 54.7 Å². The van der Waals surface area contributed by atoms with Crippen molar-refractivity contribution in [1.82, 2.24) is 0 Å². The fourth-order valence-electron chi connectivity index (χ4n) is 0. The van der Waals surface area contributed by atoms with Crippen LogP contribution in [0.4, 0.5) is 0 Å². The summed E-state index contributed by atoms with van der Waals surface area (Å²) in [6, 6.07) is 0. The van der Waals surface area contributed by atoms with E-state index in [1.165, 1.54) is 0 Å². The monoisotopic (exact) mass is 262 g/mol. The molecule has 0 aliphatic carbocycles. The third kappa shape index (κ3) is 71.9. The summed E-state index contributed by atoms with van der Waals surface area (Å²) in [4.78, 5) is 0. The van der Waals surface area contributed by atoms with Crippen molar-refractivity contribution in [1.29, 1.82) is 0 Å². The van der Waals surface area contributed by atoms with Gasteiger partial charge in [0.15, 0.2) is 0 Å². The number of aliphatic hydroxyl groups is 1. The number of halogens is 4. The molecule has 0 aromatic rings. The molecule has 1 nitrogen and oxygen atoms in total. The van der Waals surface area contributed by atoms with E-state index in [0.717, 1.165) is 7.11 Å². The summed E-state index contributed by atoms with van der Waals surface area (Å²) in [5, 5.41) is 7.00. The van der Waals surface area contributed by atoms with Crippen LogP contribution in [-0.2, 0) is 26.2 Å². The molecule has 0 spiro atoms. The van der Waals surface area contributed by atoms with E-state index in [0.29, 0.717) is 0 Å². The van der Waals surface area contributed by atoms with Crippen LogP contribution in [0.5, 0.6) is 0 Å². The molecule has 0 amide bonds. The molecule has 46 valence electrons. The van der Waals surface area contributed by atoms with Crippen molar-refractivity contribution < 1.29 is 80.9 Å². The van der Waals surface area contributed by atoms with Crippen LogP contribution < -0.4 is 49.6 Å². The second kappa shape index (κ2) is 97.8. The maximum atomic E-state index is 7.00. The third-order valence-electron chi connectivity index (χ3n) is 0. The average molecular weight is 265 g/mol. The first-order chi connectivity index (χ1) is 1.00. The molecular formula is CH4Cl4OZr. The fraction of sp³-hybridized carbons (Fsp3) is 1.00. The van der Waals surface area contributed by atoms with Gasteiger partial charge in [0.25, 0.3) is 0 Å². The molecule has 0 heterocycles. The van der Waals surface area contributed by atoms with Crippen LogP contribution >= 0.6 is 0 Å². The van der Waals surface area contributed by atoms with E-state index < -0.39 is 0 Å². The molecule has 0 bridgehead atoms. The van der Waals surface area contributed by atoms with Crippen LogP contribution in [0.15, 0.2) is 0 Å². The number of hydrogen-bond acceptors (Lipinski definition) is 1. The van der Waals surface area contributed by atoms with Crippen LogP contribution in [0.1, 0.15) is 0 Å². The third-order valence-corrected chi connectivity index (χ3v) is 0. The number of aliphatic hydroxyl groups excluding tert-OH is 1. The zero-order chi connectivity index (χ0) is 2.00. The number of rotatable bonds is 0. The minimum atomic E-state index is 0. The molecule has 0 fully saturated rings. The molecule has 0 radical (unpaired) electrons. The summed E-state index contributed by atoms with van der Waals surface area (Å²) >= 11 is 0. The molecule has 7 heavy (non-hydrogen) atoms.